The molecule has 1 atom stereocenters. The summed E-state index contributed by atoms with van der Waals surface area (Å²) in [4.78, 5) is 6.38. The molecule has 27 heavy (non-hydrogen) atoms. The lowest BCUT2D eigenvalue weighted by Gasteiger charge is -2.37. The first-order chi connectivity index (χ1) is 12.6. The molecule has 0 amide bonds. The summed E-state index contributed by atoms with van der Waals surface area (Å²) in [6, 6.07) is 3.81. The number of rotatable bonds is 5. The van der Waals surface area contributed by atoms with Gasteiger partial charge in [-0.1, -0.05) is 0 Å². The standard InChI is InChI=1S/C17H28N4O4S.HI/c1-18-17(19-7-6-15-4-3-11-25-15)20-8-2-5-16(14-20)26(22,23)21-9-12-24-13-10-21;/h3-4,11,16H,2,5-10,12-14H2,1H3,(H,18,19);1H. The first-order valence-electron chi connectivity index (χ1n) is 9.16. The molecule has 154 valence electrons. The molecule has 1 N–H and O–H groups in total. The van der Waals surface area contributed by atoms with E-state index in [2.05, 4.69) is 10.3 Å². The van der Waals surface area contributed by atoms with E-state index in [0.717, 1.165) is 31.1 Å². The third-order valence-electron chi connectivity index (χ3n) is 4.88. The average Bonchev–Trinajstić information content (AvgIpc) is 3.19. The van der Waals surface area contributed by atoms with E-state index < -0.39 is 15.3 Å². The molecule has 0 saturated carbocycles. The second-order valence-corrected chi connectivity index (χ2v) is 8.78. The molecular formula is C17H29IN4O4S. The predicted octanol–water partition coefficient (Wildman–Crippen LogP) is 1.14. The summed E-state index contributed by atoms with van der Waals surface area (Å²) in [5.74, 6) is 1.66. The Labute approximate surface area is 178 Å². The van der Waals surface area contributed by atoms with Crippen molar-refractivity contribution in [2.75, 3.05) is 53.0 Å². The van der Waals surface area contributed by atoms with Crippen LogP contribution in [0.15, 0.2) is 27.8 Å². The first kappa shape index (κ1) is 22.4. The highest BCUT2D eigenvalue weighted by molar-refractivity contribution is 14.0. The molecule has 1 unspecified atom stereocenters. The van der Waals surface area contributed by atoms with Crippen LogP contribution in [0.2, 0.25) is 0 Å². The number of sulfonamides is 1. The summed E-state index contributed by atoms with van der Waals surface area (Å²) in [5, 5.41) is 2.93. The Hall–Kier alpha value is -0.850. The van der Waals surface area contributed by atoms with E-state index in [1.165, 1.54) is 0 Å². The second-order valence-electron chi connectivity index (χ2n) is 6.57. The number of ether oxygens (including phenoxy) is 1. The van der Waals surface area contributed by atoms with Crippen molar-refractivity contribution < 1.29 is 17.6 Å². The molecule has 3 rings (SSSR count). The number of hydrogen-bond acceptors (Lipinski definition) is 5. The Morgan fingerprint density at radius 3 is 2.78 bits per heavy atom. The van der Waals surface area contributed by atoms with Crippen molar-refractivity contribution in [2.45, 2.75) is 24.5 Å². The molecule has 2 fully saturated rings. The van der Waals surface area contributed by atoms with Crippen LogP contribution in [0.3, 0.4) is 0 Å². The van der Waals surface area contributed by atoms with E-state index in [4.69, 9.17) is 9.15 Å². The number of furan rings is 1. The monoisotopic (exact) mass is 512 g/mol. The van der Waals surface area contributed by atoms with E-state index in [1.54, 1.807) is 17.6 Å². The van der Waals surface area contributed by atoms with Crippen molar-refractivity contribution in [1.82, 2.24) is 14.5 Å². The van der Waals surface area contributed by atoms with Gasteiger partial charge in [0, 0.05) is 46.2 Å². The van der Waals surface area contributed by atoms with Crippen LogP contribution in [0.4, 0.5) is 0 Å². The van der Waals surface area contributed by atoms with Gasteiger partial charge in [-0.3, -0.25) is 4.99 Å². The topological polar surface area (TPSA) is 87.4 Å². The highest BCUT2D eigenvalue weighted by Crippen LogP contribution is 2.21. The Morgan fingerprint density at radius 2 is 2.11 bits per heavy atom. The van der Waals surface area contributed by atoms with E-state index in [1.807, 2.05) is 17.0 Å². The highest BCUT2D eigenvalue weighted by Gasteiger charge is 2.36. The summed E-state index contributed by atoms with van der Waals surface area (Å²) in [6.45, 7) is 3.84. The number of aliphatic imine (C=N–C) groups is 1. The summed E-state index contributed by atoms with van der Waals surface area (Å²) >= 11 is 0. The summed E-state index contributed by atoms with van der Waals surface area (Å²) < 4.78 is 38.1. The van der Waals surface area contributed by atoms with Crippen LogP contribution in [0, 0.1) is 0 Å². The molecule has 8 nitrogen and oxygen atoms in total. The molecule has 1 aromatic rings. The zero-order valence-corrected chi connectivity index (χ0v) is 18.8. The van der Waals surface area contributed by atoms with E-state index in [0.29, 0.717) is 45.8 Å². The zero-order valence-electron chi connectivity index (χ0n) is 15.7. The lowest BCUT2D eigenvalue weighted by atomic mass is 10.1. The van der Waals surface area contributed by atoms with Gasteiger partial charge in [-0.25, -0.2) is 8.42 Å². The van der Waals surface area contributed by atoms with Gasteiger partial charge in [-0.2, -0.15) is 4.31 Å². The molecule has 0 bridgehead atoms. The van der Waals surface area contributed by atoms with Crippen LogP contribution in [0.1, 0.15) is 18.6 Å². The fourth-order valence-corrected chi connectivity index (χ4v) is 5.38. The summed E-state index contributed by atoms with van der Waals surface area (Å²) in [6.07, 6.45) is 3.96. The second kappa shape index (κ2) is 10.6. The minimum absolute atomic E-state index is 0. The lowest BCUT2D eigenvalue weighted by Crippen LogP contribution is -2.54. The van der Waals surface area contributed by atoms with Crippen LogP contribution >= 0.6 is 24.0 Å². The van der Waals surface area contributed by atoms with Crippen molar-refractivity contribution >= 4 is 40.0 Å². The summed E-state index contributed by atoms with van der Waals surface area (Å²) in [5.41, 5.74) is 0. The third-order valence-corrected chi connectivity index (χ3v) is 7.19. The Morgan fingerprint density at radius 1 is 1.33 bits per heavy atom. The predicted molar refractivity (Wildman–Crippen MR) is 115 cm³/mol. The van der Waals surface area contributed by atoms with Gasteiger partial charge in [0.25, 0.3) is 0 Å². The Bertz CT molecular complexity index is 690. The van der Waals surface area contributed by atoms with Gasteiger partial charge >= 0.3 is 0 Å². The van der Waals surface area contributed by atoms with Crippen LogP contribution in [-0.4, -0.2) is 81.8 Å². The average molecular weight is 512 g/mol. The van der Waals surface area contributed by atoms with Crippen LogP contribution in [0.5, 0.6) is 0 Å². The largest absolute Gasteiger partial charge is 0.469 e. The van der Waals surface area contributed by atoms with Crippen molar-refractivity contribution in [3.8, 4) is 0 Å². The third kappa shape index (κ3) is 5.81. The number of halogens is 1. The summed E-state index contributed by atoms with van der Waals surface area (Å²) in [7, 11) is -1.57. The highest BCUT2D eigenvalue weighted by atomic mass is 127. The van der Waals surface area contributed by atoms with Crippen molar-refractivity contribution in [1.29, 1.82) is 0 Å². The Balaban J connectivity index is 0.00000261. The molecular weight excluding hydrogens is 483 g/mol. The van der Waals surface area contributed by atoms with Crippen LogP contribution in [0.25, 0.3) is 0 Å². The molecule has 2 saturated heterocycles. The number of nitrogens with zero attached hydrogens (tertiary/aromatic N) is 3. The van der Waals surface area contributed by atoms with Gasteiger partial charge < -0.3 is 19.4 Å². The molecule has 2 aliphatic heterocycles. The molecule has 1 aromatic heterocycles. The first-order valence-corrected chi connectivity index (χ1v) is 10.7. The number of likely N-dealkylation sites (tertiary alicyclic amines) is 1. The smallest absolute Gasteiger partial charge is 0.218 e. The minimum Gasteiger partial charge on any atom is -0.469 e. The molecule has 10 heteroatoms. The van der Waals surface area contributed by atoms with Crippen LogP contribution in [-0.2, 0) is 21.2 Å². The normalized spacial score (nSPS) is 22.3. The molecule has 2 aliphatic rings. The number of morpholine rings is 1. The molecule has 0 aliphatic carbocycles. The van der Waals surface area contributed by atoms with Gasteiger partial charge in [0.05, 0.1) is 24.7 Å². The number of guanidine groups is 1. The van der Waals surface area contributed by atoms with Gasteiger partial charge in [0.1, 0.15) is 5.76 Å². The maximum Gasteiger partial charge on any atom is 0.218 e. The molecule has 0 radical (unpaired) electrons. The van der Waals surface area contributed by atoms with Gasteiger partial charge in [-0.15, -0.1) is 24.0 Å². The molecule has 3 heterocycles. The van der Waals surface area contributed by atoms with Crippen molar-refractivity contribution in [3.05, 3.63) is 24.2 Å². The van der Waals surface area contributed by atoms with E-state index in [-0.39, 0.29) is 24.0 Å². The maximum absolute atomic E-state index is 12.9. The number of hydrogen-bond donors (Lipinski definition) is 1. The van der Waals surface area contributed by atoms with Gasteiger partial charge in [0.2, 0.25) is 10.0 Å². The van der Waals surface area contributed by atoms with Gasteiger partial charge in [-0.05, 0) is 25.0 Å². The van der Waals surface area contributed by atoms with Gasteiger partial charge in [0.15, 0.2) is 5.96 Å². The SMILES string of the molecule is CN=C(NCCc1ccco1)N1CCCC(S(=O)(=O)N2CCOCC2)C1.I. The van der Waals surface area contributed by atoms with E-state index in [9.17, 15) is 8.42 Å². The fraction of sp³-hybridized carbons (Fsp3) is 0.706. The quantitative estimate of drug-likeness (QED) is 0.362. The molecule has 0 spiro atoms. The van der Waals surface area contributed by atoms with Crippen molar-refractivity contribution in [2.24, 2.45) is 4.99 Å². The number of nitrogens with one attached hydrogen (secondary N) is 1. The Kier molecular flexibility index (Phi) is 8.83. The zero-order chi connectivity index (χ0) is 18.4. The van der Waals surface area contributed by atoms with Crippen molar-refractivity contribution in [3.63, 3.8) is 0 Å². The van der Waals surface area contributed by atoms with E-state index >= 15 is 0 Å². The minimum atomic E-state index is -3.30. The fourth-order valence-electron chi connectivity index (χ4n) is 3.47. The lowest BCUT2D eigenvalue weighted by molar-refractivity contribution is 0.0722. The number of piperidine rings is 1. The molecule has 0 aromatic carbocycles. The maximum atomic E-state index is 12.9. The van der Waals surface area contributed by atoms with Crippen LogP contribution < -0.4 is 5.32 Å².